The van der Waals surface area contributed by atoms with E-state index in [1.807, 2.05) is 0 Å². The summed E-state index contributed by atoms with van der Waals surface area (Å²) in [4.78, 5) is 9.53. The van der Waals surface area contributed by atoms with Crippen LogP contribution in [0, 0.1) is 0 Å². The molecule has 1 aromatic rings. The van der Waals surface area contributed by atoms with Gasteiger partial charge in [-0.25, -0.2) is 0 Å². The first-order chi connectivity index (χ1) is 7.34. The lowest BCUT2D eigenvalue weighted by atomic mass is 10.3. The number of pyridine rings is 1. The maximum Gasteiger partial charge on any atom is 0.133 e. The second kappa shape index (κ2) is 5.09. The zero-order valence-electron chi connectivity index (χ0n) is 8.65. The SMILES string of the molecule is Oc1ccc(CNOC2CCCC2)nc1. The summed E-state index contributed by atoms with van der Waals surface area (Å²) in [6.45, 7) is 0.580. The number of nitrogens with zero attached hydrogens (tertiary/aromatic N) is 1. The molecule has 15 heavy (non-hydrogen) atoms. The zero-order valence-corrected chi connectivity index (χ0v) is 8.65. The van der Waals surface area contributed by atoms with Crippen LogP contribution in [-0.4, -0.2) is 16.2 Å². The topological polar surface area (TPSA) is 54.4 Å². The van der Waals surface area contributed by atoms with Crippen LogP contribution in [0.25, 0.3) is 0 Å². The number of hydrogen-bond donors (Lipinski definition) is 2. The van der Waals surface area contributed by atoms with E-state index >= 15 is 0 Å². The maximum atomic E-state index is 9.04. The second-order valence-electron chi connectivity index (χ2n) is 3.85. The van der Waals surface area contributed by atoms with Crippen LogP contribution in [0.4, 0.5) is 0 Å². The average molecular weight is 208 g/mol. The second-order valence-corrected chi connectivity index (χ2v) is 3.85. The van der Waals surface area contributed by atoms with Gasteiger partial charge in [-0.15, -0.1) is 0 Å². The molecule has 82 valence electrons. The predicted molar refractivity (Wildman–Crippen MR) is 56.1 cm³/mol. The molecule has 0 radical (unpaired) electrons. The molecule has 0 amide bonds. The Hall–Kier alpha value is -1.13. The standard InChI is InChI=1S/C11H16N2O2/c14-10-6-5-9(12-8-10)7-13-15-11-3-1-2-4-11/h5-6,8,11,13-14H,1-4,7H2. The van der Waals surface area contributed by atoms with E-state index in [2.05, 4.69) is 10.5 Å². The molecule has 4 heteroatoms. The van der Waals surface area contributed by atoms with E-state index in [1.165, 1.54) is 19.0 Å². The zero-order chi connectivity index (χ0) is 10.5. The Labute approximate surface area is 89.2 Å². The van der Waals surface area contributed by atoms with Crippen LogP contribution in [-0.2, 0) is 11.4 Å². The molecule has 1 aromatic heterocycles. The van der Waals surface area contributed by atoms with Gasteiger partial charge in [-0.2, -0.15) is 5.48 Å². The minimum absolute atomic E-state index is 0.190. The number of hydrogen-bond acceptors (Lipinski definition) is 4. The van der Waals surface area contributed by atoms with Crippen LogP contribution in [0.15, 0.2) is 18.3 Å². The van der Waals surface area contributed by atoms with Crippen molar-refractivity contribution in [3.63, 3.8) is 0 Å². The monoisotopic (exact) mass is 208 g/mol. The summed E-state index contributed by atoms with van der Waals surface area (Å²) < 4.78 is 0. The Kier molecular flexibility index (Phi) is 3.53. The molecule has 0 spiro atoms. The summed E-state index contributed by atoms with van der Waals surface area (Å²) in [6, 6.07) is 3.40. The highest BCUT2D eigenvalue weighted by atomic mass is 16.7. The third kappa shape index (κ3) is 3.18. The van der Waals surface area contributed by atoms with Crippen molar-refractivity contribution in [3.05, 3.63) is 24.0 Å². The van der Waals surface area contributed by atoms with Crippen molar-refractivity contribution in [1.29, 1.82) is 0 Å². The molecule has 1 saturated carbocycles. The van der Waals surface area contributed by atoms with Gasteiger partial charge >= 0.3 is 0 Å². The van der Waals surface area contributed by atoms with Gasteiger partial charge in [0.15, 0.2) is 0 Å². The molecule has 2 N–H and O–H groups in total. The highest BCUT2D eigenvalue weighted by Gasteiger charge is 2.15. The average Bonchev–Trinajstić information content (AvgIpc) is 2.74. The van der Waals surface area contributed by atoms with Crippen LogP contribution in [0.3, 0.4) is 0 Å². The van der Waals surface area contributed by atoms with Crippen molar-refractivity contribution in [2.75, 3.05) is 0 Å². The Morgan fingerprint density at radius 3 is 2.87 bits per heavy atom. The fraction of sp³-hybridized carbons (Fsp3) is 0.545. The van der Waals surface area contributed by atoms with Crippen molar-refractivity contribution < 1.29 is 9.94 Å². The molecular weight excluding hydrogens is 192 g/mol. The van der Waals surface area contributed by atoms with E-state index in [1.54, 1.807) is 12.1 Å². The highest BCUT2D eigenvalue weighted by Crippen LogP contribution is 2.19. The van der Waals surface area contributed by atoms with Crippen molar-refractivity contribution >= 4 is 0 Å². The third-order valence-electron chi connectivity index (χ3n) is 2.61. The van der Waals surface area contributed by atoms with Crippen molar-refractivity contribution in [2.45, 2.75) is 38.3 Å². The molecule has 2 rings (SSSR count). The van der Waals surface area contributed by atoms with E-state index < -0.39 is 0 Å². The lowest BCUT2D eigenvalue weighted by Crippen LogP contribution is -2.21. The predicted octanol–water partition coefficient (Wildman–Crippen LogP) is 1.75. The Morgan fingerprint density at radius 1 is 1.40 bits per heavy atom. The van der Waals surface area contributed by atoms with Gasteiger partial charge in [0.2, 0.25) is 0 Å². The van der Waals surface area contributed by atoms with Crippen LogP contribution < -0.4 is 5.48 Å². The molecule has 0 atom stereocenters. The quantitative estimate of drug-likeness (QED) is 0.740. The molecule has 4 nitrogen and oxygen atoms in total. The maximum absolute atomic E-state index is 9.04. The van der Waals surface area contributed by atoms with Crippen molar-refractivity contribution in [1.82, 2.24) is 10.5 Å². The number of nitrogens with one attached hydrogen (secondary N) is 1. The molecule has 0 bridgehead atoms. The molecule has 0 aromatic carbocycles. The first kappa shape index (κ1) is 10.4. The van der Waals surface area contributed by atoms with Gasteiger partial charge in [0.05, 0.1) is 24.5 Å². The summed E-state index contributed by atoms with van der Waals surface area (Å²) in [5.74, 6) is 0.190. The van der Waals surface area contributed by atoms with E-state index in [-0.39, 0.29) is 5.75 Å². The molecule has 0 unspecified atom stereocenters. The molecule has 1 fully saturated rings. The summed E-state index contributed by atoms with van der Waals surface area (Å²) in [5.41, 5.74) is 3.79. The number of hydroxylamine groups is 1. The lowest BCUT2D eigenvalue weighted by molar-refractivity contribution is -0.0249. The van der Waals surface area contributed by atoms with Crippen LogP contribution in [0.5, 0.6) is 5.75 Å². The van der Waals surface area contributed by atoms with Crippen LogP contribution >= 0.6 is 0 Å². The Morgan fingerprint density at radius 2 is 2.20 bits per heavy atom. The van der Waals surface area contributed by atoms with Crippen molar-refractivity contribution in [3.8, 4) is 5.75 Å². The molecule has 1 aliphatic carbocycles. The summed E-state index contributed by atoms with van der Waals surface area (Å²) in [7, 11) is 0. The van der Waals surface area contributed by atoms with E-state index in [4.69, 9.17) is 9.94 Å². The van der Waals surface area contributed by atoms with Crippen LogP contribution in [0.2, 0.25) is 0 Å². The minimum atomic E-state index is 0.190. The van der Waals surface area contributed by atoms with Crippen LogP contribution in [0.1, 0.15) is 31.4 Å². The Bertz CT molecular complexity index is 294. The van der Waals surface area contributed by atoms with Gasteiger partial charge in [0.25, 0.3) is 0 Å². The van der Waals surface area contributed by atoms with E-state index in [0.717, 1.165) is 18.5 Å². The molecular formula is C11H16N2O2. The number of aromatic nitrogens is 1. The normalized spacial score (nSPS) is 17.1. The first-order valence-electron chi connectivity index (χ1n) is 5.37. The first-order valence-corrected chi connectivity index (χ1v) is 5.37. The van der Waals surface area contributed by atoms with Gasteiger partial charge in [-0.3, -0.25) is 9.82 Å². The summed E-state index contributed by atoms with van der Waals surface area (Å²) in [5, 5.41) is 9.04. The minimum Gasteiger partial charge on any atom is -0.506 e. The van der Waals surface area contributed by atoms with E-state index in [9.17, 15) is 0 Å². The van der Waals surface area contributed by atoms with Crippen molar-refractivity contribution in [2.24, 2.45) is 0 Å². The largest absolute Gasteiger partial charge is 0.506 e. The van der Waals surface area contributed by atoms with Gasteiger partial charge in [-0.05, 0) is 25.0 Å². The molecule has 0 aliphatic heterocycles. The molecule has 1 aliphatic rings. The summed E-state index contributed by atoms with van der Waals surface area (Å²) in [6.07, 6.45) is 6.63. The van der Waals surface area contributed by atoms with Gasteiger partial charge < -0.3 is 5.11 Å². The third-order valence-corrected chi connectivity index (χ3v) is 2.61. The Balaban J connectivity index is 1.71. The highest BCUT2D eigenvalue weighted by molar-refractivity contribution is 5.17. The van der Waals surface area contributed by atoms with Gasteiger partial charge in [-0.1, -0.05) is 12.8 Å². The fourth-order valence-electron chi connectivity index (χ4n) is 1.76. The molecule has 0 saturated heterocycles. The van der Waals surface area contributed by atoms with E-state index in [0.29, 0.717) is 12.6 Å². The van der Waals surface area contributed by atoms with Gasteiger partial charge in [0, 0.05) is 0 Å². The smallest absolute Gasteiger partial charge is 0.133 e. The lowest BCUT2D eigenvalue weighted by Gasteiger charge is -2.10. The fourth-order valence-corrected chi connectivity index (χ4v) is 1.76. The van der Waals surface area contributed by atoms with Gasteiger partial charge in [0.1, 0.15) is 5.75 Å². The summed E-state index contributed by atoms with van der Waals surface area (Å²) >= 11 is 0. The molecule has 1 heterocycles. The number of aromatic hydroxyl groups is 1. The number of rotatable bonds is 4.